The molecule has 0 spiro atoms. The number of sulfonamides is 1. The summed E-state index contributed by atoms with van der Waals surface area (Å²) < 4.78 is 26.9. The molecule has 3 aromatic carbocycles. The maximum Gasteiger partial charge on any atom is 0.244 e. The van der Waals surface area contributed by atoms with Crippen LogP contribution in [0.4, 0.5) is 5.69 Å². The van der Waals surface area contributed by atoms with Crippen molar-refractivity contribution in [2.45, 2.75) is 32.9 Å². The fraction of sp³-hybridized carbons (Fsp3) is 0.286. The molecule has 0 aliphatic carbocycles. The number of rotatable bonds is 10. The molecule has 1 N–H and O–H groups in total. The van der Waals surface area contributed by atoms with Crippen LogP contribution in [-0.4, -0.2) is 51.0 Å². The van der Waals surface area contributed by atoms with Crippen LogP contribution in [0.15, 0.2) is 66.7 Å². The van der Waals surface area contributed by atoms with Crippen molar-refractivity contribution in [1.82, 2.24) is 10.2 Å². The summed E-state index contributed by atoms with van der Waals surface area (Å²) >= 11 is 12.3. The lowest BCUT2D eigenvalue weighted by molar-refractivity contribution is -0.139. The van der Waals surface area contributed by atoms with E-state index in [2.05, 4.69) is 5.32 Å². The molecule has 10 heteroatoms. The van der Waals surface area contributed by atoms with E-state index >= 15 is 0 Å². The van der Waals surface area contributed by atoms with Gasteiger partial charge in [0.25, 0.3) is 0 Å². The summed E-state index contributed by atoms with van der Waals surface area (Å²) in [7, 11) is -2.33. The van der Waals surface area contributed by atoms with Crippen molar-refractivity contribution in [1.29, 1.82) is 0 Å². The first-order valence-corrected chi connectivity index (χ1v) is 14.5. The predicted molar refractivity (Wildman–Crippen MR) is 153 cm³/mol. The van der Waals surface area contributed by atoms with Crippen LogP contribution in [0.2, 0.25) is 10.0 Å². The van der Waals surface area contributed by atoms with E-state index in [1.807, 2.05) is 49.4 Å². The first-order chi connectivity index (χ1) is 17.9. The van der Waals surface area contributed by atoms with Crippen molar-refractivity contribution < 1.29 is 18.0 Å². The maximum atomic E-state index is 14.0. The van der Waals surface area contributed by atoms with Gasteiger partial charge in [-0.15, -0.1) is 0 Å². The molecule has 7 nitrogen and oxygen atoms in total. The minimum atomic E-state index is -3.83. The van der Waals surface area contributed by atoms with E-state index in [0.717, 1.165) is 21.7 Å². The molecule has 3 rings (SSSR count). The summed E-state index contributed by atoms with van der Waals surface area (Å²) in [4.78, 5) is 28.5. The summed E-state index contributed by atoms with van der Waals surface area (Å²) in [6, 6.07) is 18.8. The van der Waals surface area contributed by atoms with Gasteiger partial charge < -0.3 is 10.2 Å². The number of aryl methyl sites for hydroxylation is 2. The van der Waals surface area contributed by atoms with E-state index in [1.165, 1.54) is 11.9 Å². The van der Waals surface area contributed by atoms with E-state index in [4.69, 9.17) is 23.2 Å². The summed E-state index contributed by atoms with van der Waals surface area (Å²) in [6.45, 7) is 3.18. The molecule has 0 fully saturated rings. The van der Waals surface area contributed by atoms with Crippen molar-refractivity contribution in [3.8, 4) is 0 Å². The molecule has 202 valence electrons. The highest BCUT2D eigenvalue weighted by molar-refractivity contribution is 7.92. The van der Waals surface area contributed by atoms with E-state index in [0.29, 0.717) is 26.9 Å². The fourth-order valence-corrected chi connectivity index (χ4v) is 5.36. The number of nitrogens with zero attached hydrogens (tertiary/aromatic N) is 2. The Morgan fingerprint density at radius 1 is 0.921 bits per heavy atom. The Bertz CT molecular complexity index is 1410. The molecule has 1 unspecified atom stereocenters. The van der Waals surface area contributed by atoms with Gasteiger partial charge in [0.1, 0.15) is 12.6 Å². The Morgan fingerprint density at radius 2 is 1.61 bits per heavy atom. The van der Waals surface area contributed by atoms with Crippen LogP contribution in [0.5, 0.6) is 0 Å². The number of likely N-dealkylation sites (N-methyl/N-ethyl adjacent to an activating group) is 1. The minimum absolute atomic E-state index is 0.0189. The smallest absolute Gasteiger partial charge is 0.244 e. The fourth-order valence-electron chi connectivity index (χ4n) is 4.14. The Balaban J connectivity index is 2.07. The lowest BCUT2D eigenvalue weighted by atomic mass is 10.0. The van der Waals surface area contributed by atoms with Crippen molar-refractivity contribution in [2.24, 2.45) is 0 Å². The number of hydrogen-bond donors (Lipinski definition) is 1. The molecule has 0 aromatic heterocycles. The van der Waals surface area contributed by atoms with Crippen LogP contribution in [0.1, 0.15) is 22.3 Å². The SMILES string of the molecule is CNC(=O)C(Cc1ccccc1)N(Cc1ccc(Cl)c(Cl)c1)C(=O)CN(c1cc(C)ccc1C)S(C)(=O)=O. The number of amides is 2. The highest BCUT2D eigenvalue weighted by Gasteiger charge is 2.33. The standard InChI is InChI=1S/C28H31Cl2N3O4S/c1-19-10-11-20(2)25(14-19)33(38(4,36)37)18-27(34)32(17-22-12-13-23(29)24(30)15-22)26(28(35)31-3)16-21-8-6-5-7-9-21/h5-15,26H,16-18H2,1-4H3,(H,31,35). The quantitative estimate of drug-likeness (QED) is 0.377. The molecular weight excluding hydrogens is 545 g/mol. The normalized spacial score (nSPS) is 12.1. The molecule has 0 bridgehead atoms. The Morgan fingerprint density at radius 3 is 2.21 bits per heavy atom. The monoisotopic (exact) mass is 575 g/mol. The lowest BCUT2D eigenvalue weighted by Gasteiger charge is -2.33. The molecule has 1 atom stereocenters. The predicted octanol–water partition coefficient (Wildman–Crippen LogP) is 4.76. The molecule has 0 aliphatic rings. The third-order valence-corrected chi connectivity index (χ3v) is 8.03. The molecule has 0 saturated carbocycles. The molecule has 38 heavy (non-hydrogen) atoms. The van der Waals surface area contributed by atoms with Gasteiger partial charge in [0.15, 0.2) is 0 Å². The largest absolute Gasteiger partial charge is 0.357 e. The van der Waals surface area contributed by atoms with E-state index < -0.39 is 28.5 Å². The van der Waals surface area contributed by atoms with Crippen LogP contribution in [0.3, 0.4) is 0 Å². The lowest BCUT2D eigenvalue weighted by Crippen LogP contribution is -2.53. The first kappa shape index (κ1) is 29.5. The minimum Gasteiger partial charge on any atom is -0.357 e. The van der Waals surface area contributed by atoms with Gasteiger partial charge in [0, 0.05) is 20.0 Å². The van der Waals surface area contributed by atoms with Gasteiger partial charge in [-0.25, -0.2) is 8.42 Å². The summed E-state index contributed by atoms with van der Waals surface area (Å²) in [6.07, 6.45) is 1.29. The Kier molecular flexibility index (Phi) is 9.82. The molecule has 2 amide bonds. The molecule has 0 radical (unpaired) electrons. The van der Waals surface area contributed by atoms with Crippen LogP contribution >= 0.6 is 23.2 Å². The van der Waals surface area contributed by atoms with Crippen LogP contribution < -0.4 is 9.62 Å². The van der Waals surface area contributed by atoms with Crippen molar-refractivity contribution in [2.75, 3.05) is 24.2 Å². The molecule has 0 aliphatic heterocycles. The summed E-state index contributed by atoms with van der Waals surface area (Å²) in [5.74, 6) is -0.910. The zero-order valence-corrected chi connectivity index (χ0v) is 24.1. The number of hydrogen-bond acceptors (Lipinski definition) is 4. The number of nitrogens with one attached hydrogen (secondary N) is 1. The van der Waals surface area contributed by atoms with Gasteiger partial charge in [-0.3, -0.25) is 13.9 Å². The van der Waals surface area contributed by atoms with Gasteiger partial charge in [-0.05, 0) is 54.3 Å². The highest BCUT2D eigenvalue weighted by Crippen LogP contribution is 2.26. The second kappa shape index (κ2) is 12.7. The number of anilines is 1. The van der Waals surface area contributed by atoms with Crippen molar-refractivity contribution in [3.05, 3.63) is 99.0 Å². The molecule has 0 saturated heterocycles. The zero-order valence-electron chi connectivity index (χ0n) is 21.7. The first-order valence-electron chi connectivity index (χ1n) is 11.9. The number of carbonyl (C=O) groups excluding carboxylic acids is 2. The molecular formula is C28H31Cl2N3O4S. The van der Waals surface area contributed by atoms with E-state index in [1.54, 1.807) is 31.2 Å². The number of carbonyl (C=O) groups is 2. The average Bonchev–Trinajstić information content (AvgIpc) is 2.87. The Labute approximate surface area is 234 Å². The number of halogens is 2. The molecule has 0 heterocycles. The van der Waals surface area contributed by atoms with Crippen LogP contribution in [0.25, 0.3) is 0 Å². The van der Waals surface area contributed by atoms with Crippen molar-refractivity contribution >= 4 is 50.7 Å². The third-order valence-electron chi connectivity index (χ3n) is 6.17. The third kappa shape index (κ3) is 7.49. The van der Waals surface area contributed by atoms with Crippen molar-refractivity contribution in [3.63, 3.8) is 0 Å². The second-order valence-electron chi connectivity index (χ2n) is 9.15. The second-order valence-corrected chi connectivity index (χ2v) is 11.9. The maximum absolute atomic E-state index is 14.0. The van der Waals surface area contributed by atoms with Gasteiger partial charge in [0.05, 0.1) is 22.0 Å². The zero-order chi connectivity index (χ0) is 28.0. The molecule has 3 aromatic rings. The van der Waals surface area contributed by atoms with Gasteiger partial charge in [-0.1, -0.05) is 71.7 Å². The number of benzene rings is 3. The van der Waals surface area contributed by atoms with Gasteiger partial charge in [0.2, 0.25) is 21.8 Å². The summed E-state index contributed by atoms with van der Waals surface area (Å²) in [5, 5.41) is 3.32. The van der Waals surface area contributed by atoms with E-state index in [-0.39, 0.29) is 18.9 Å². The van der Waals surface area contributed by atoms with Crippen LogP contribution in [-0.2, 0) is 32.6 Å². The average molecular weight is 577 g/mol. The van der Waals surface area contributed by atoms with E-state index in [9.17, 15) is 18.0 Å². The summed E-state index contributed by atoms with van der Waals surface area (Å²) in [5.41, 5.74) is 3.47. The topological polar surface area (TPSA) is 86.8 Å². The highest BCUT2D eigenvalue weighted by atomic mass is 35.5. The van der Waals surface area contributed by atoms with Crippen LogP contribution in [0, 0.1) is 13.8 Å². The Hall–Kier alpha value is -3.07. The van der Waals surface area contributed by atoms with Gasteiger partial charge in [-0.2, -0.15) is 0 Å². The van der Waals surface area contributed by atoms with Gasteiger partial charge >= 0.3 is 0 Å².